The van der Waals surface area contributed by atoms with E-state index in [2.05, 4.69) is 76.2 Å². The van der Waals surface area contributed by atoms with E-state index in [0.717, 1.165) is 37.1 Å². The van der Waals surface area contributed by atoms with E-state index in [9.17, 15) is 0 Å². The second kappa shape index (κ2) is 11.5. The summed E-state index contributed by atoms with van der Waals surface area (Å²) in [6.07, 6.45) is 6.62. The third-order valence-corrected chi connectivity index (χ3v) is 7.41. The van der Waals surface area contributed by atoms with Gasteiger partial charge in [0.05, 0.1) is 0 Å². The van der Waals surface area contributed by atoms with E-state index < -0.39 is 0 Å². The van der Waals surface area contributed by atoms with Crippen molar-refractivity contribution in [2.24, 2.45) is 0 Å². The summed E-state index contributed by atoms with van der Waals surface area (Å²) in [6, 6.07) is 26.1. The molecule has 4 N–H and O–H groups in total. The predicted octanol–water partition coefficient (Wildman–Crippen LogP) is 7.83. The van der Waals surface area contributed by atoms with Crippen LogP contribution < -0.4 is 11.5 Å². The Morgan fingerprint density at radius 1 is 0.444 bits per heavy atom. The van der Waals surface area contributed by atoms with E-state index in [1.165, 1.54) is 68.5 Å². The molecule has 0 fully saturated rings. The first-order valence-electron chi connectivity index (χ1n) is 13.2. The van der Waals surface area contributed by atoms with Crippen molar-refractivity contribution in [3.8, 4) is 0 Å². The molecule has 0 bridgehead atoms. The molecular formula is C34H40N2. The molecule has 186 valence electrons. The number of benzene rings is 4. The van der Waals surface area contributed by atoms with Crippen LogP contribution in [0.1, 0.15) is 68.5 Å². The highest BCUT2D eigenvalue weighted by atomic mass is 14.5. The second-order valence-corrected chi connectivity index (χ2v) is 10.5. The Balaban J connectivity index is 1.32. The molecular weight excluding hydrogens is 436 g/mol. The molecule has 0 amide bonds. The third kappa shape index (κ3) is 6.57. The molecule has 0 saturated heterocycles. The van der Waals surface area contributed by atoms with Gasteiger partial charge in [-0.1, -0.05) is 48.5 Å². The van der Waals surface area contributed by atoms with Crippen molar-refractivity contribution >= 4 is 11.4 Å². The molecule has 0 spiro atoms. The Bertz CT molecular complexity index is 1160. The first-order valence-corrected chi connectivity index (χ1v) is 13.2. The molecule has 0 aliphatic heterocycles. The molecule has 2 nitrogen and oxygen atoms in total. The molecule has 36 heavy (non-hydrogen) atoms. The van der Waals surface area contributed by atoms with Gasteiger partial charge >= 0.3 is 0 Å². The van der Waals surface area contributed by atoms with Crippen LogP contribution in [0, 0.1) is 27.7 Å². The van der Waals surface area contributed by atoms with Gasteiger partial charge in [0, 0.05) is 11.4 Å². The van der Waals surface area contributed by atoms with Crippen LogP contribution in [0.2, 0.25) is 0 Å². The number of hydrogen-bond donors (Lipinski definition) is 2. The van der Waals surface area contributed by atoms with E-state index in [0.29, 0.717) is 0 Å². The van der Waals surface area contributed by atoms with Crippen LogP contribution in [-0.2, 0) is 25.7 Å². The van der Waals surface area contributed by atoms with E-state index in [4.69, 9.17) is 11.5 Å². The summed E-state index contributed by atoms with van der Waals surface area (Å²) in [7, 11) is 0. The molecule has 4 rings (SSSR count). The van der Waals surface area contributed by atoms with Crippen molar-refractivity contribution in [2.45, 2.75) is 66.2 Å². The zero-order valence-electron chi connectivity index (χ0n) is 22.3. The van der Waals surface area contributed by atoms with E-state index in [1.807, 2.05) is 24.3 Å². The molecule has 4 aromatic rings. The number of unbranched alkanes of at least 4 members (excludes halogenated alkanes) is 1. The molecule has 0 heterocycles. The van der Waals surface area contributed by atoms with Crippen molar-refractivity contribution in [3.63, 3.8) is 0 Å². The average Bonchev–Trinajstić information content (AvgIpc) is 2.84. The molecule has 2 heteroatoms. The summed E-state index contributed by atoms with van der Waals surface area (Å²) in [4.78, 5) is 0. The maximum atomic E-state index is 5.84. The van der Waals surface area contributed by atoms with Crippen molar-refractivity contribution in [2.75, 3.05) is 11.5 Å². The molecule has 0 saturated carbocycles. The molecule has 0 aliphatic rings. The summed E-state index contributed by atoms with van der Waals surface area (Å²) in [6.45, 7) is 9.00. The Labute approximate surface area is 217 Å². The fourth-order valence-corrected chi connectivity index (χ4v) is 5.35. The van der Waals surface area contributed by atoms with E-state index in [-0.39, 0.29) is 0 Å². The fourth-order valence-electron chi connectivity index (χ4n) is 5.35. The summed E-state index contributed by atoms with van der Waals surface area (Å²) in [5.74, 6) is 0. The highest BCUT2D eigenvalue weighted by Gasteiger charge is 2.09. The van der Waals surface area contributed by atoms with Crippen molar-refractivity contribution in [3.05, 3.63) is 128 Å². The van der Waals surface area contributed by atoms with Crippen molar-refractivity contribution < 1.29 is 0 Å². The van der Waals surface area contributed by atoms with E-state index >= 15 is 0 Å². The summed E-state index contributed by atoms with van der Waals surface area (Å²) in [5, 5.41) is 0. The minimum absolute atomic E-state index is 0.821. The van der Waals surface area contributed by atoms with Gasteiger partial charge < -0.3 is 11.5 Å². The molecule has 0 aromatic heterocycles. The van der Waals surface area contributed by atoms with Gasteiger partial charge in [0.2, 0.25) is 0 Å². The number of anilines is 2. The zero-order chi connectivity index (χ0) is 25.7. The first kappa shape index (κ1) is 25.6. The number of hydrogen-bond acceptors (Lipinski definition) is 2. The van der Waals surface area contributed by atoms with Gasteiger partial charge in [-0.25, -0.2) is 0 Å². The van der Waals surface area contributed by atoms with Gasteiger partial charge in [-0.15, -0.1) is 0 Å². The molecule has 0 aliphatic carbocycles. The molecule has 0 unspecified atom stereocenters. The highest BCUT2D eigenvalue weighted by molar-refractivity contribution is 5.46. The fraction of sp³-hybridized carbons (Fsp3) is 0.294. The highest BCUT2D eigenvalue weighted by Crippen LogP contribution is 2.24. The zero-order valence-corrected chi connectivity index (χ0v) is 22.3. The lowest BCUT2D eigenvalue weighted by molar-refractivity contribution is 0.732. The van der Waals surface area contributed by atoms with Crippen LogP contribution in [0.25, 0.3) is 0 Å². The lowest BCUT2D eigenvalue weighted by Crippen LogP contribution is -2.00. The second-order valence-electron chi connectivity index (χ2n) is 10.5. The van der Waals surface area contributed by atoms with Gasteiger partial charge in [0.25, 0.3) is 0 Å². The Morgan fingerprint density at radius 2 is 0.750 bits per heavy atom. The van der Waals surface area contributed by atoms with Crippen LogP contribution in [0.5, 0.6) is 0 Å². The summed E-state index contributed by atoms with van der Waals surface area (Å²) in [5.41, 5.74) is 27.3. The minimum Gasteiger partial charge on any atom is -0.399 e. The smallest absolute Gasteiger partial charge is 0.0314 e. The van der Waals surface area contributed by atoms with Crippen LogP contribution in [0.4, 0.5) is 11.4 Å². The SMILES string of the molecule is Cc1cc(CCCCc2cc(C)c(Cc3ccc(N)cc3)c(C)c2)cc(C)c1Cc1ccc(N)cc1. The normalized spacial score (nSPS) is 11.1. The molecule has 4 aromatic carbocycles. The number of nitrogen functional groups attached to an aromatic ring is 2. The first-order chi connectivity index (χ1) is 17.3. The van der Waals surface area contributed by atoms with Crippen molar-refractivity contribution in [1.82, 2.24) is 0 Å². The predicted molar refractivity (Wildman–Crippen MR) is 156 cm³/mol. The Hall–Kier alpha value is -3.52. The Kier molecular flexibility index (Phi) is 8.15. The van der Waals surface area contributed by atoms with Crippen molar-refractivity contribution in [1.29, 1.82) is 0 Å². The van der Waals surface area contributed by atoms with Crippen LogP contribution >= 0.6 is 0 Å². The number of nitrogens with two attached hydrogens (primary N) is 2. The van der Waals surface area contributed by atoms with Crippen LogP contribution in [0.3, 0.4) is 0 Å². The standard InChI is InChI=1S/C34H40N2/c1-23-17-29(18-24(2)33(23)21-27-9-13-31(35)14-10-27)7-5-6-8-30-19-25(3)34(26(4)20-30)22-28-11-15-32(36)16-12-28/h9-20H,5-8,21-22,35-36H2,1-4H3. The molecule has 0 atom stereocenters. The summed E-state index contributed by atoms with van der Waals surface area (Å²) < 4.78 is 0. The number of rotatable bonds is 9. The lowest BCUT2D eigenvalue weighted by atomic mass is 9.91. The van der Waals surface area contributed by atoms with Gasteiger partial charge in [-0.3, -0.25) is 0 Å². The van der Waals surface area contributed by atoms with Gasteiger partial charge in [0.15, 0.2) is 0 Å². The monoisotopic (exact) mass is 476 g/mol. The topological polar surface area (TPSA) is 52.0 Å². The quantitative estimate of drug-likeness (QED) is 0.191. The Morgan fingerprint density at radius 3 is 1.06 bits per heavy atom. The van der Waals surface area contributed by atoms with Crippen LogP contribution in [0.15, 0.2) is 72.8 Å². The average molecular weight is 477 g/mol. The van der Waals surface area contributed by atoms with E-state index in [1.54, 1.807) is 0 Å². The van der Waals surface area contributed by atoms with Gasteiger partial charge in [0.1, 0.15) is 0 Å². The maximum absolute atomic E-state index is 5.84. The third-order valence-electron chi connectivity index (χ3n) is 7.41. The summed E-state index contributed by atoms with van der Waals surface area (Å²) >= 11 is 0. The van der Waals surface area contributed by atoms with Gasteiger partial charge in [-0.05, 0) is 146 Å². The maximum Gasteiger partial charge on any atom is 0.0314 e. The number of aryl methyl sites for hydroxylation is 6. The lowest BCUT2D eigenvalue weighted by Gasteiger charge is -2.14. The largest absolute Gasteiger partial charge is 0.399 e. The molecule has 0 radical (unpaired) electrons. The van der Waals surface area contributed by atoms with Crippen LogP contribution in [-0.4, -0.2) is 0 Å². The minimum atomic E-state index is 0.821. The van der Waals surface area contributed by atoms with Gasteiger partial charge in [-0.2, -0.15) is 0 Å².